The quantitative estimate of drug-likeness (QED) is 0.375. The van der Waals surface area contributed by atoms with E-state index in [9.17, 15) is 14.0 Å². The van der Waals surface area contributed by atoms with Crippen molar-refractivity contribution < 1.29 is 14.0 Å². The first-order valence-electron chi connectivity index (χ1n) is 11.6. The highest BCUT2D eigenvalue weighted by molar-refractivity contribution is 9.10. The summed E-state index contributed by atoms with van der Waals surface area (Å²) in [4.78, 5) is 32.6. The predicted molar refractivity (Wildman–Crippen MR) is 135 cm³/mol. The molecule has 8 heteroatoms. The molecule has 2 aliphatic rings. The van der Waals surface area contributed by atoms with Gasteiger partial charge in [-0.25, -0.2) is 9.37 Å². The number of piperidine rings is 1. The highest BCUT2D eigenvalue weighted by Crippen LogP contribution is 2.45. The first-order chi connectivity index (χ1) is 16.5. The van der Waals surface area contributed by atoms with Crippen LogP contribution in [0.2, 0.25) is 0 Å². The van der Waals surface area contributed by atoms with Crippen LogP contribution in [0.1, 0.15) is 63.9 Å². The number of nitrogens with one attached hydrogen (secondary N) is 2. The molecule has 2 aromatic carbocycles. The van der Waals surface area contributed by atoms with E-state index in [1.165, 1.54) is 23.5 Å². The Kier molecular flexibility index (Phi) is 6.90. The molecular formula is C26H25BrFN3O2S. The summed E-state index contributed by atoms with van der Waals surface area (Å²) in [5.74, 6) is -0.444. The number of carbonyl (C=O) groups excluding carboxylic acids is 2. The smallest absolute Gasteiger partial charge is 0.251 e. The molecule has 0 radical (unpaired) electrons. The van der Waals surface area contributed by atoms with Gasteiger partial charge >= 0.3 is 0 Å². The fourth-order valence-corrected chi connectivity index (χ4v) is 5.96. The lowest BCUT2D eigenvalue weighted by molar-refractivity contribution is 0.0823. The van der Waals surface area contributed by atoms with Crippen LogP contribution in [-0.2, 0) is 0 Å². The molecule has 3 aromatic rings. The third-order valence-electron chi connectivity index (χ3n) is 6.32. The second-order valence-corrected chi connectivity index (χ2v) is 10.8. The number of thiazole rings is 1. The van der Waals surface area contributed by atoms with Gasteiger partial charge in [-0.3, -0.25) is 9.59 Å². The Morgan fingerprint density at radius 2 is 1.91 bits per heavy atom. The number of amides is 1. The molecule has 0 bridgehead atoms. The van der Waals surface area contributed by atoms with Crippen molar-refractivity contribution in [3.8, 4) is 10.4 Å². The molecule has 1 aliphatic heterocycles. The minimum Gasteiger partial charge on any atom is -0.340 e. The number of rotatable bonds is 7. The minimum absolute atomic E-state index is 0.176. The van der Waals surface area contributed by atoms with E-state index in [0.29, 0.717) is 17.2 Å². The van der Waals surface area contributed by atoms with Crippen LogP contribution in [0, 0.1) is 5.82 Å². The van der Waals surface area contributed by atoms with E-state index in [2.05, 4.69) is 26.6 Å². The lowest BCUT2D eigenvalue weighted by Crippen LogP contribution is -2.55. The molecule has 5 rings (SSSR count). The zero-order chi connectivity index (χ0) is 23.7. The van der Waals surface area contributed by atoms with Crippen LogP contribution < -0.4 is 10.6 Å². The Morgan fingerprint density at radius 3 is 2.59 bits per heavy atom. The molecule has 1 saturated carbocycles. The van der Waals surface area contributed by atoms with Crippen molar-refractivity contribution in [3.63, 3.8) is 0 Å². The highest BCUT2D eigenvalue weighted by Gasteiger charge is 2.36. The van der Waals surface area contributed by atoms with Crippen molar-refractivity contribution >= 4 is 39.0 Å². The van der Waals surface area contributed by atoms with E-state index in [4.69, 9.17) is 4.98 Å². The van der Waals surface area contributed by atoms with Gasteiger partial charge in [0.05, 0.1) is 9.88 Å². The van der Waals surface area contributed by atoms with Gasteiger partial charge in [-0.15, -0.1) is 11.3 Å². The number of Topliss-reactive ketones (excluding diaryl/α,β-unsaturated/α-hetero) is 1. The number of halogens is 2. The zero-order valence-electron chi connectivity index (χ0n) is 18.5. The molecule has 1 saturated heterocycles. The molecular weight excluding hydrogens is 517 g/mol. The maximum Gasteiger partial charge on any atom is 0.251 e. The predicted octanol–water partition coefficient (Wildman–Crippen LogP) is 5.71. The molecule has 1 unspecified atom stereocenters. The number of hydrogen-bond acceptors (Lipinski definition) is 5. The number of ketones is 1. The molecule has 2 N–H and O–H groups in total. The zero-order valence-corrected chi connectivity index (χ0v) is 20.9. The molecule has 2 fully saturated rings. The molecule has 176 valence electrons. The summed E-state index contributed by atoms with van der Waals surface area (Å²) in [5, 5.41) is 7.37. The standard InChI is InChI=1S/C26H25BrFN3O2S/c27-18-5-3-4-17(14-18)25(33)30-21(20-6-1-2-13-29-20)23(32)22-24(15-9-11-19(28)12-10-15)34-26(31-22)16-7-8-16/h3-5,9-12,14,16,20-21,29H,1-2,6-8,13H2,(H,30,33)/t20?,21-/m0/s1. The van der Waals surface area contributed by atoms with Crippen LogP contribution in [0.4, 0.5) is 4.39 Å². The Morgan fingerprint density at radius 1 is 1.12 bits per heavy atom. The molecule has 0 spiro atoms. The number of carbonyl (C=O) groups is 2. The lowest BCUT2D eigenvalue weighted by Gasteiger charge is -2.31. The molecule has 34 heavy (non-hydrogen) atoms. The molecule has 1 amide bonds. The van der Waals surface area contributed by atoms with E-state index in [-0.39, 0.29) is 23.5 Å². The topological polar surface area (TPSA) is 71.1 Å². The van der Waals surface area contributed by atoms with Gasteiger partial charge in [0.15, 0.2) is 0 Å². The average Bonchev–Trinajstić information content (AvgIpc) is 3.61. The summed E-state index contributed by atoms with van der Waals surface area (Å²) >= 11 is 4.91. The maximum absolute atomic E-state index is 14.0. The maximum atomic E-state index is 14.0. The minimum atomic E-state index is -0.750. The molecule has 1 aliphatic carbocycles. The number of hydrogen-bond donors (Lipinski definition) is 2. The van der Waals surface area contributed by atoms with E-state index in [1.54, 1.807) is 30.3 Å². The summed E-state index contributed by atoms with van der Waals surface area (Å²) in [5.41, 5.74) is 1.62. The van der Waals surface area contributed by atoms with Gasteiger partial charge in [-0.05, 0) is 68.1 Å². The van der Waals surface area contributed by atoms with E-state index >= 15 is 0 Å². The summed E-state index contributed by atoms with van der Waals surface area (Å²) in [6.07, 6.45) is 4.96. The van der Waals surface area contributed by atoms with Crippen molar-refractivity contribution in [1.82, 2.24) is 15.6 Å². The van der Waals surface area contributed by atoms with Crippen molar-refractivity contribution in [2.24, 2.45) is 0 Å². The Labute approximate surface area is 210 Å². The van der Waals surface area contributed by atoms with Crippen molar-refractivity contribution in [2.75, 3.05) is 6.54 Å². The van der Waals surface area contributed by atoms with Gasteiger partial charge in [0.1, 0.15) is 17.6 Å². The summed E-state index contributed by atoms with van der Waals surface area (Å²) in [7, 11) is 0. The molecule has 1 aromatic heterocycles. The Hall–Kier alpha value is -2.42. The van der Waals surface area contributed by atoms with Gasteiger partial charge in [-0.2, -0.15) is 0 Å². The van der Waals surface area contributed by atoms with Crippen LogP contribution in [0.3, 0.4) is 0 Å². The van der Waals surface area contributed by atoms with E-state index in [0.717, 1.165) is 58.6 Å². The van der Waals surface area contributed by atoms with Crippen molar-refractivity contribution in [1.29, 1.82) is 0 Å². The van der Waals surface area contributed by atoms with Gasteiger partial charge in [0, 0.05) is 22.0 Å². The van der Waals surface area contributed by atoms with Crippen LogP contribution >= 0.6 is 27.3 Å². The van der Waals surface area contributed by atoms with Gasteiger partial charge < -0.3 is 10.6 Å². The van der Waals surface area contributed by atoms with Gasteiger partial charge in [0.25, 0.3) is 5.91 Å². The largest absolute Gasteiger partial charge is 0.340 e. The van der Waals surface area contributed by atoms with Crippen molar-refractivity contribution in [2.45, 2.75) is 50.1 Å². The van der Waals surface area contributed by atoms with Crippen LogP contribution in [0.25, 0.3) is 10.4 Å². The third-order valence-corrected chi connectivity index (χ3v) is 8.08. The fraction of sp³-hybridized carbons (Fsp3) is 0.346. The lowest BCUT2D eigenvalue weighted by atomic mass is 9.92. The second kappa shape index (κ2) is 10.1. The van der Waals surface area contributed by atoms with Crippen LogP contribution in [-0.4, -0.2) is 35.3 Å². The summed E-state index contributed by atoms with van der Waals surface area (Å²) in [6.45, 7) is 0.802. The normalized spacial score (nSPS) is 18.9. The third kappa shape index (κ3) is 5.14. The number of aromatic nitrogens is 1. The van der Waals surface area contributed by atoms with E-state index < -0.39 is 6.04 Å². The van der Waals surface area contributed by atoms with E-state index in [1.807, 2.05) is 6.07 Å². The fourth-order valence-electron chi connectivity index (χ4n) is 4.32. The Balaban J connectivity index is 1.50. The SMILES string of the molecule is O=C(N[C@H](C(=O)c1nc(C2CC2)sc1-c1ccc(F)cc1)C1CCCCN1)c1cccc(Br)c1. The molecule has 2 atom stereocenters. The first-order valence-corrected chi connectivity index (χ1v) is 13.2. The first kappa shape index (κ1) is 23.3. The number of benzene rings is 2. The Bertz CT molecular complexity index is 1200. The average molecular weight is 542 g/mol. The van der Waals surface area contributed by atoms with Crippen LogP contribution in [0.15, 0.2) is 53.0 Å². The van der Waals surface area contributed by atoms with Gasteiger partial charge in [-0.1, -0.05) is 40.5 Å². The second-order valence-electron chi connectivity index (χ2n) is 8.89. The van der Waals surface area contributed by atoms with Crippen LogP contribution in [0.5, 0.6) is 0 Å². The van der Waals surface area contributed by atoms with Crippen molar-refractivity contribution in [3.05, 3.63) is 75.1 Å². The highest BCUT2D eigenvalue weighted by atomic mass is 79.9. The summed E-state index contributed by atoms with van der Waals surface area (Å²) < 4.78 is 14.4. The molecule has 2 heterocycles. The monoisotopic (exact) mass is 541 g/mol. The molecule has 5 nitrogen and oxygen atoms in total. The number of nitrogens with zero attached hydrogens (tertiary/aromatic N) is 1. The summed E-state index contributed by atoms with van der Waals surface area (Å²) in [6, 6.07) is 12.4. The van der Waals surface area contributed by atoms with Gasteiger partial charge in [0.2, 0.25) is 5.78 Å².